The van der Waals surface area contributed by atoms with Gasteiger partial charge in [-0.25, -0.2) is 0 Å². The highest BCUT2D eigenvalue weighted by molar-refractivity contribution is 7.17. The third-order valence-electron chi connectivity index (χ3n) is 2.05. The first-order chi connectivity index (χ1) is 8.08. The number of amides is 1. The quantitative estimate of drug-likeness (QED) is 0.852. The van der Waals surface area contributed by atoms with Crippen molar-refractivity contribution in [3.8, 4) is 6.07 Å². The highest BCUT2D eigenvalue weighted by Crippen LogP contribution is 2.16. The van der Waals surface area contributed by atoms with Crippen LogP contribution in [0.1, 0.15) is 23.6 Å². The van der Waals surface area contributed by atoms with E-state index in [0.717, 1.165) is 6.54 Å². The van der Waals surface area contributed by atoms with Crippen LogP contribution < -0.4 is 5.32 Å². The molecule has 1 aromatic rings. The monoisotopic (exact) mass is 253 g/mol. The van der Waals surface area contributed by atoms with Crippen molar-refractivity contribution in [2.24, 2.45) is 5.92 Å². The zero-order valence-corrected chi connectivity index (χ0v) is 10.9. The lowest BCUT2D eigenvalue weighted by Gasteiger charge is -2.16. The fourth-order valence-corrected chi connectivity index (χ4v) is 2.04. The lowest BCUT2D eigenvalue weighted by molar-refractivity contribution is 0.0784. The maximum absolute atomic E-state index is 11.9. The Morgan fingerprint density at radius 2 is 2.35 bits per heavy atom. The average molecular weight is 253 g/mol. The van der Waals surface area contributed by atoms with E-state index >= 15 is 0 Å². The zero-order valence-electron chi connectivity index (χ0n) is 10.1. The summed E-state index contributed by atoms with van der Waals surface area (Å²) in [7, 11) is 1.66. The highest BCUT2D eigenvalue weighted by Gasteiger charge is 2.18. The number of carbonyl (C=O) groups is 1. The Bertz CT molecular complexity index is 425. The van der Waals surface area contributed by atoms with E-state index in [1.165, 1.54) is 16.2 Å². The summed E-state index contributed by atoms with van der Waals surface area (Å²) in [6.07, 6.45) is 0. The van der Waals surface area contributed by atoms with Crippen LogP contribution in [0.4, 0.5) is 5.13 Å². The molecular weight excluding hydrogens is 238 g/mol. The molecule has 0 aliphatic rings. The van der Waals surface area contributed by atoms with Gasteiger partial charge in [0.05, 0.1) is 12.0 Å². The van der Waals surface area contributed by atoms with Gasteiger partial charge in [0, 0.05) is 20.1 Å². The zero-order chi connectivity index (χ0) is 12.8. The molecule has 0 aliphatic heterocycles. The number of anilines is 1. The number of nitrogens with one attached hydrogen (secondary N) is 1. The van der Waals surface area contributed by atoms with Crippen LogP contribution in [0.15, 0.2) is 0 Å². The number of nitrogens with zero attached hydrogens (tertiary/aromatic N) is 4. The van der Waals surface area contributed by atoms with Gasteiger partial charge in [0.2, 0.25) is 10.1 Å². The molecule has 0 radical (unpaired) electrons. The molecule has 0 aromatic carbocycles. The van der Waals surface area contributed by atoms with Gasteiger partial charge >= 0.3 is 0 Å². The number of rotatable bonds is 5. The molecular formula is C10H15N5OS. The average Bonchev–Trinajstić information content (AvgIpc) is 2.76. The van der Waals surface area contributed by atoms with Gasteiger partial charge in [-0.3, -0.25) is 4.79 Å². The molecule has 7 heteroatoms. The van der Waals surface area contributed by atoms with Crippen molar-refractivity contribution in [1.29, 1.82) is 5.26 Å². The van der Waals surface area contributed by atoms with Crippen molar-refractivity contribution in [1.82, 2.24) is 15.1 Å². The number of nitriles is 1. The second kappa shape index (κ2) is 6.15. The maximum Gasteiger partial charge on any atom is 0.284 e. The van der Waals surface area contributed by atoms with Crippen LogP contribution in [0.3, 0.4) is 0 Å². The largest absolute Gasteiger partial charge is 0.360 e. The molecule has 0 saturated carbocycles. The minimum Gasteiger partial charge on any atom is -0.360 e. The van der Waals surface area contributed by atoms with Gasteiger partial charge < -0.3 is 10.2 Å². The Labute approximate surface area is 104 Å². The summed E-state index contributed by atoms with van der Waals surface area (Å²) < 4.78 is 0. The van der Waals surface area contributed by atoms with Crippen LogP contribution in [0.2, 0.25) is 0 Å². The Kier molecular flexibility index (Phi) is 4.84. The molecule has 1 heterocycles. The molecule has 1 N–H and O–H groups in total. The topological polar surface area (TPSA) is 81.9 Å². The van der Waals surface area contributed by atoms with Gasteiger partial charge in [0.15, 0.2) is 0 Å². The van der Waals surface area contributed by atoms with E-state index in [9.17, 15) is 4.79 Å². The predicted octanol–water partition coefficient (Wildman–Crippen LogP) is 1.20. The predicted molar refractivity (Wildman–Crippen MR) is 65.8 cm³/mol. The second-order valence-electron chi connectivity index (χ2n) is 3.66. The maximum atomic E-state index is 11.9. The molecule has 1 aromatic heterocycles. The number of carbonyl (C=O) groups excluding carboxylic acids is 1. The lowest BCUT2D eigenvalue weighted by Crippen LogP contribution is -2.30. The smallest absolute Gasteiger partial charge is 0.284 e. The van der Waals surface area contributed by atoms with E-state index in [1.54, 1.807) is 14.0 Å². The van der Waals surface area contributed by atoms with Crippen LogP contribution >= 0.6 is 11.3 Å². The van der Waals surface area contributed by atoms with Crippen molar-refractivity contribution < 1.29 is 4.79 Å². The number of hydrogen-bond acceptors (Lipinski definition) is 6. The second-order valence-corrected chi connectivity index (χ2v) is 4.64. The summed E-state index contributed by atoms with van der Waals surface area (Å²) in [5.41, 5.74) is 0. The molecule has 1 rings (SSSR count). The summed E-state index contributed by atoms with van der Waals surface area (Å²) in [5, 5.41) is 20.3. The van der Waals surface area contributed by atoms with Gasteiger partial charge in [-0.05, 0) is 13.8 Å². The Morgan fingerprint density at radius 1 is 1.65 bits per heavy atom. The molecule has 0 saturated heterocycles. The molecule has 0 aliphatic carbocycles. The fourth-order valence-electron chi connectivity index (χ4n) is 1.23. The fraction of sp³-hybridized carbons (Fsp3) is 0.600. The molecule has 1 atom stereocenters. The van der Waals surface area contributed by atoms with Gasteiger partial charge in [-0.1, -0.05) is 11.3 Å². The van der Waals surface area contributed by atoms with Crippen LogP contribution in [-0.2, 0) is 0 Å². The van der Waals surface area contributed by atoms with Gasteiger partial charge in [-0.15, -0.1) is 10.2 Å². The molecule has 1 unspecified atom stereocenters. The first-order valence-electron chi connectivity index (χ1n) is 5.31. The van der Waals surface area contributed by atoms with Crippen molar-refractivity contribution in [2.45, 2.75) is 13.8 Å². The van der Waals surface area contributed by atoms with Crippen LogP contribution in [0, 0.1) is 17.2 Å². The van der Waals surface area contributed by atoms with E-state index in [4.69, 9.17) is 5.26 Å². The molecule has 1 amide bonds. The van der Waals surface area contributed by atoms with Gasteiger partial charge in [0.1, 0.15) is 0 Å². The summed E-state index contributed by atoms with van der Waals surface area (Å²) in [5.74, 6) is -0.390. The van der Waals surface area contributed by atoms with Gasteiger partial charge in [0.25, 0.3) is 5.91 Å². The Hall–Kier alpha value is -1.68. The minimum atomic E-state index is -0.200. The van der Waals surface area contributed by atoms with Crippen molar-refractivity contribution in [3.63, 3.8) is 0 Å². The SMILES string of the molecule is CCNc1nnc(C(=O)N(C)CC(C)C#N)s1. The lowest BCUT2D eigenvalue weighted by atomic mass is 10.2. The summed E-state index contributed by atoms with van der Waals surface area (Å²) in [6.45, 7) is 4.85. The Morgan fingerprint density at radius 3 is 2.94 bits per heavy atom. The van der Waals surface area contributed by atoms with Crippen molar-refractivity contribution >= 4 is 22.4 Å². The summed E-state index contributed by atoms with van der Waals surface area (Å²) >= 11 is 1.22. The minimum absolute atomic E-state index is 0.190. The van der Waals surface area contributed by atoms with Gasteiger partial charge in [-0.2, -0.15) is 5.26 Å². The molecule has 0 bridgehead atoms. The first-order valence-corrected chi connectivity index (χ1v) is 6.12. The van der Waals surface area contributed by atoms with Crippen molar-refractivity contribution in [2.75, 3.05) is 25.5 Å². The normalized spacial score (nSPS) is 11.6. The highest BCUT2D eigenvalue weighted by atomic mass is 32.1. The van der Waals surface area contributed by atoms with E-state index in [0.29, 0.717) is 16.7 Å². The number of aromatic nitrogens is 2. The number of hydrogen-bond donors (Lipinski definition) is 1. The van der Waals surface area contributed by atoms with E-state index < -0.39 is 0 Å². The summed E-state index contributed by atoms with van der Waals surface area (Å²) in [4.78, 5) is 13.4. The third kappa shape index (κ3) is 3.67. The van der Waals surface area contributed by atoms with Crippen LogP contribution in [-0.4, -0.2) is 41.1 Å². The molecule has 92 valence electrons. The standard InChI is InChI=1S/C10H15N5OS/c1-4-12-10-14-13-8(17-10)9(16)15(3)6-7(2)5-11/h7H,4,6H2,1-3H3,(H,12,14). The van der Waals surface area contributed by atoms with E-state index in [2.05, 4.69) is 21.6 Å². The first kappa shape index (κ1) is 13.4. The molecule has 0 fully saturated rings. The summed E-state index contributed by atoms with van der Waals surface area (Å²) in [6, 6.07) is 2.09. The van der Waals surface area contributed by atoms with Crippen molar-refractivity contribution in [3.05, 3.63) is 5.01 Å². The third-order valence-corrected chi connectivity index (χ3v) is 2.92. The molecule has 0 spiro atoms. The van der Waals surface area contributed by atoms with E-state index in [-0.39, 0.29) is 11.8 Å². The Balaban J connectivity index is 2.65. The molecule has 6 nitrogen and oxygen atoms in total. The van der Waals surface area contributed by atoms with Crippen LogP contribution in [0.25, 0.3) is 0 Å². The van der Waals surface area contributed by atoms with Crippen LogP contribution in [0.5, 0.6) is 0 Å². The van der Waals surface area contributed by atoms with E-state index in [1.807, 2.05) is 6.92 Å². The molecule has 17 heavy (non-hydrogen) atoms.